The van der Waals surface area contributed by atoms with Crippen molar-refractivity contribution in [2.75, 3.05) is 12.9 Å². The first kappa shape index (κ1) is 13.7. The molecule has 108 valence electrons. The highest BCUT2D eigenvalue weighted by molar-refractivity contribution is 7.99. The van der Waals surface area contributed by atoms with Crippen molar-refractivity contribution in [2.24, 2.45) is 0 Å². The van der Waals surface area contributed by atoms with Crippen molar-refractivity contribution in [1.82, 2.24) is 15.2 Å². The fourth-order valence-corrected chi connectivity index (χ4v) is 2.63. The molecule has 0 aliphatic rings. The summed E-state index contributed by atoms with van der Waals surface area (Å²) in [5, 5.41) is 9.51. The number of H-pyrrole nitrogens is 1. The third kappa shape index (κ3) is 2.92. The van der Waals surface area contributed by atoms with Crippen LogP contribution in [0, 0.1) is 0 Å². The van der Waals surface area contributed by atoms with Crippen molar-refractivity contribution < 1.29 is 13.9 Å². The Kier molecular flexibility index (Phi) is 3.92. The zero-order valence-corrected chi connectivity index (χ0v) is 12.1. The maximum Gasteiger partial charge on any atom is 0.306 e. The maximum atomic E-state index is 11.0. The minimum absolute atomic E-state index is 0.251. The highest BCUT2D eigenvalue weighted by Crippen LogP contribution is 2.29. The molecule has 7 heteroatoms. The van der Waals surface area contributed by atoms with Crippen LogP contribution >= 0.6 is 11.8 Å². The van der Waals surface area contributed by atoms with Crippen LogP contribution in [-0.2, 0) is 9.53 Å². The molecule has 0 unspecified atom stereocenters. The van der Waals surface area contributed by atoms with Crippen molar-refractivity contribution in [3.8, 4) is 11.5 Å². The van der Waals surface area contributed by atoms with Gasteiger partial charge in [0.1, 0.15) is 0 Å². The number of hydrogen-bond donors (Lipinski definition) is 1. The van der Waals surface area contributed by atoms with Crippen molar-refractivity contribution in [2.45, 2.75) is 11.6 Å². The molecule has 0 bridgehead atoms. The van der Waals surface area contributed by atoms with Crippen LogP contribution in [0.3, 0.4) is 0 Å². The van der Waals surface area contributed by atoms with Crippen LogP contribution in [-0.4, -0.2) is 34.0 Å². The van der Waals surface area contributed by atoms with E-state index in [2.05, 4.69) is 19.9 Å². The van der Waals surface area contributed by atoms with Crippen molar-refractivity contribution in [1.29, 1.82) is 0 Å². The molecule has 0 fully saturated rings. The van der Waals surface area contributed by atoms with Crippen LogP contribution in [0.1, 0.15) is 6.42 Å². The highest BCUT2D eigenvalue weighted by atomic mass is 32.2. The minimum Gasteiger partial charge on any atom is -0.469 e. The first-order valence-electron chi connectivity index (χ1n) is 6.37. The number of ether oxygens (including phenoxy) is 1. The molecule has 2 aromatic heterocycles. The first-order valence-corrected chi connectivity index (χ1v) is 7.36. The molecule has 6 nitrogen and oxygen atoms in total. The lowest BCUT2D eigenvalue weighted by Crippen LogP contribution is -2.00. The zero-order chi connectivity index (χ0) is 14.7. The summed E-state index contributed by atoms with van der Waals surface area (Å²) >= 11 is 1.34. The predicted octanol–water partition coefficient (Wildman–Crippen LogP) is 2.87. The van der Waals surface area contributed by atoms with Crippen molar-refractivity contribution >= 4 is 28.6 Å². The number of fused-ring (bicyclic) bond motifs is 1. The van der Waals surface area contributed by atoms with Gasteiger partial charge in [-0.2, -0.15) is 0 Å². The molecule has 0 atom stereocenters. The van der Waals surface area contributed by atoms with Gasteiger partial charge in [0.2, 0.25) is 0 Å². The van der Waals surface area contributed by atoms with Gasteiger partial charge >= 0.3 is 5.97 Å². The lowest BCUT2D eigenvalue weighted by Gasteiger charge is -1.96. The van der Waals surface area contributed by atoms with E-state index in [1.807, 2.05) is 30.5 Å². The Morgan fingerprint density at radius 1 is 1.38 bits per heavy atom. The molecule has 1 aromatic carbocycles. The molecule has 21 heavy (non-hydrogen) atoms. The third-order valence-corrected chi connectivity index (χ3v) is 3.81. The van der Waals surface area contributed by atoms with E-state index in [4.69, 9.17) is 4.42 Å². The van der Waals surface area contributed by atoms with E-state index in [-0.39, 0.29) is 5.97 Å². The number of thioether (sulfide) groups is 1. The van der Waals surface area contributed by atoms with Crippen LogP contribution in [0.2, 0.25) is 0 Å². The minimum atomic E-state index is -0.251. The number of methoxy groups -OCH3 is 1. The third-order valence-electron chi connectivity index (χ3n) is 2.99. The number of nitrogens with zero attached hydrogens (tertiary/aromatic N) is 2. The maximum absolute atomic E-state index is 11.0. The largest absolute Gasteiger partial charge is 0.469 e. The predicted molar refractivity (Wildman–Crippen MR) is 78.9 cm³/mol. The van der Waals surface area contributed by atoms with Crippen molar-refractivity contribution in [3.05, 3.63) is 30.5 Å². The quantitative estimate of drug-likeness (QED) is 0.576. The Balaban J connectivity index is 1.74. The number of aromatic nitrogens is 3. The Morgan fingerprint density at radius 2 is 2.24 bits per heavy atom. The number of para-hydroxylation sites is 1. The van der Waals surface area contributed by atoms with E-state index in [0.717, 1.165) is 16.5 Å². The number of aromatic amines is 1. The summed E-state index contributed by atoms with van der Waals surface area (Å²) in [6, 6.07) is 7.91. The second-order valence-corrected chi connectivity index (χ2v) is 5.34. The number of esters is 1. The summed E-state index contributed by atoms with van der Waals surface area (Å²) < 4.78 is 10.2. The molecule has 2 heterocycles. The van der Waals surface area contributed by atoms with Gasteiger partial charge < -0.3 is 14.1 Å². The summed E-state index contributed by atoms with van der Waals surface area (Å²) in [7, 11) is 1.37. The van der Waals surface area contributed by atoms with E-state index >= 15 is 0 Å². The Morgan fingerprint density at radius 3 is 3.10 bits per heavy atom. The summed E-state index contributed by atoms with van der Waals surface area (Å²) in [6.07, 6.45) is 2.16. The fourth-order valence-electron chi connectivity index (χ4n) is 1.95. The SMILES string of the molecule is COC(=O)CCSc1nnc(-c2c[nH]c3ccccc23)o1. The molecule has 0 spiro atoms. The molecule has 0 saturated carbocycles. The number of rotatable bonds is 5. The molecule has 3 rings (SSSR count). The normalized spacial score (nSPS) is 10.9. The van der Waals surface area contributed by atoms with Gasteiger partial charge in [-0.15, -0.1) is 10.2 Å². The number of benzene rings is 1. The second kappa shape index (κ2) is 6.01. The number of carbonyl (C=O) groups excluding carboxylic acids is 1. The Hall–Kier alpha value is -2.28. The monoisotopic (exact) mass is 303 g/mol. The molecule has 0 aliphatic carbocycles. The zero-order valence-electron chi connectivity index (χ0n) is 11.3. The van der Waals surface area contributed by atoms with E-state index in [1.54, 1.807) is 0 Å². The van der Waals surface area contributed by atoms with Crippen LogP contribution < -0.4 is 0 Å². The summed E-state index contributed by atoms with van der Waals surface area (Å²) in [5.74, 6) is 0.759. The van der Waals surface area contributed by atoms with Crippen LogP contribution in [0.4, 0.5) is 0 Å². The molecular weight excluding hydrogens is 290 g/mol. The van der Waals surface area contributed by atoms with E-state index in [9.17, 15) is 4.79 Å². The molecule has 0 saturated heterocycles. The first-order chi connectivity index (χ1) is 10.3. The van der Waals surface area contributed by atoms with Gasteiger partial charge in [-0.3, -0.25) is 4.79 Å². The molecular formula is C14H13N3O3S. The van der Waals surface area contributed by atoms with Crippen LogP contribution in [0.25, 0.3) is 22.4 Å². The molecule has 0 amide bonds. The fraction of sp³-hybridized carbons (Fsp3) is 0.214. The standard InChI is InChI=1S/C14H13N3O3S/c1-19-12(18)6-7-21-14-17-16-13(20-14)10-8-15-11-5-3-2-4-9(10)11/h2-5,8,15H,6-7H2,1H3. The van der Waals surface area contributed by atoms with Gasteiger partial charge in [0.25, 0.3) is 11.1 Å². The molecule has 0 radical (unpaired) electrons. The van der Waals surface area contributed by atoms with E-state index in [1.165, 1.54) is 18.9 Å². The summed E-state index contributed by atoms with van der Waals surface area (Å²) in [4.78, 5) is 14.2. The van der Waals surface area contributed by atoms with Gasteiger partial charge in [0, 0.05) is 22.9 Å². The Bertz CT molecular complexity index is 766. The second-order valence-electron chi connectivity index (χ2n) is 4.30. The van der Waals surface area contributed by atoms with Gasteiger partial charge in [-0.25, -0.2) is 0 Å². The smallest absolute Gasteiger partial charge is 0.306 e. The summed E-state index contributed by atoms with van der Waals surface area (Å²) in [6.45, 7) is 0. The molecule has 0 aliphatic heterocycles. The number of carbonyl (C=O) groups is 1. The van der Waals surface area contributed by atoms with Gasteiger partial charge in [-0.1, -0.05) is 30.0 Å². The average Bonchev–Trinajstić information content (AvgIpc) is 3.13. The van der Waals surface area contributed by atoms with Gasteiger partial charge in [0.15, 0.2) is 0 Å². The topological polar surface area (TPSA) is 81.0 Å². The molecule has 3 aromatic rings. The lowest BCUT2D eigenvalue weighted by molar-refractivity contribution is -0.140. The average molecular weight is 303 g/mol. The van der Waals surface area contributed by atoms with Crippen LogP contribution in [0.5, 0.6) is 0 Å². The van der Waals surface area contributed by atoms with Crippen LogP contribution in [0.15, 0.2) is 40.1 Å². The van der Waals surface area contributed by atoms with Crippen molar-refractivity contribution in [3.63, 3.8) is 0 Å². The molecule has 1 N–H and O–H groups in total. The number of hydrogen-bond acceptors (Lipinski definition) is 6. The lowest BCUT2D eigenvalue weighted by atomic mass is 10.2. The highest BCUT2D eigenvalue weighted by Gasteiger charge is 2.13. The number of nitrogens with one attached hydrogen (secondary N) is 1. The Labute approximate surface area is 124 Å². The summed E-state index contributed by atoms with van der Waals surface area (Å²) in [5.41, 5.74) is 1.89. The van der Waals surface area contributed by atoms with Gasteiger partial charge in [0.05, 0.1) is 19.1 Å². The van der Waals surface area contributed by atoms with E-state index in [0.29, 0.717) is 23.3 Å². The van der Waals surface area contributed by atoms with E-state index < -0.39 is 0 Å². The van der Waals surface area contributed by atoms with Gasteiger partial charge in [-0.05, 0) is 6.07 Å².